The number of piperidine rings is 1. The Hall–Kier alpha value is -5.25. The maximum atomic E-state index is 13.7. The minimum absolute atomic E-state index is 0.0544. The summed E-state index contributed by atoms with van der Waals surface area (Å²) in [5.41, 5.74) is 5.03. The van der Waals surface area contributed by atoms with Crippen molar-refractivity contribution in [3.05, 3.63) is 93.8 Å². The summed E-state index contributed by atoms with van der Waals surface area (Å²) in [4.78, 5) is 80.5. The summed E-state index contributed by atoms with van der Waals surface area (Å²) in [6.07, 6.45) is 3.15. The van der Waals surface area contributed by atoms with Gasteiger partial charge < -0.3 is 19.6 Å². The number of hydrogen-bond acceptors (Lipinski definition) is 9. The van der Waals surface area contributed by atoms with Gasteiger partial charge in [-0.15, -0.1) is 0 Å². The van der Waals surface area contributed by atoms with E-state index in [2.05, 4.69) is 50.4 Å². The average Bonchev–Trinajstić information content (AvgIpc) is 3.62. The van der Waals surface area contributed by atoms with Gasteiger partial charge in [0.2, 0.25) is 5.69 Å². The van der Waals surface area contributed by atoms with Crippen LogP contribution in [0.5, 0.6) is 0 Å². The number of ketones is 2. The third kappa shape index (κ3) is 7.27. The van der Waals surface area contributed by atoms with E-state index in [1.807, 2.05) is 41.3 Å². The fraction of sp³-hybridized carbons (Fsp3) is 0.478. The van der Waals surface area contributed by atoms with Crippen molar-refractivity contribution in [2.75, 3.05) is 80.1 Å². The zero-order valence-electron chi connectivity index (χ0n) is 33.8. The number of nitrogens with zero attached hydrogens (tertiary/aromatic N) is 7. The fourth-order valence-electron chi connectivity index (χ4n) is 10.6. The van der Waals surface area contributed by atoms with E-state index in [9.17, 15) is 24.0 Å². The second-order valence-corrected chi connectivity index (χ2v) is 18.6. The zero-order chi connectivity index (χ0) is 41.2. The number of fused-ring (bicyclic) bond motifs is 1. The van der Waals surface area contributed by atoms with E-state index in [1.54, 1.807) is 12.1 Å². The lowest BCUT2D eigenvalue weighted by Crippen LogP contribution is -2.55. The number of benzene rings is 3. The first-order valence-corrected chi connectivity index (χ1v) is 21.3. The van der Waals surface area contributed by atoms with Gasteiger partial charge in [-0.3, -0.25) is 33.8 Å². The second-order valence-electron chi connectivity index (χ2n) is 18.2. The Kier molecular flexibility index (Phi) is 10.0. The first kappa shape index (κ1) is 39.2. The molecule has 13 heteroatoms. The molecule has 1 spiro atoms. The summed E-state index contributed by atoms with van der Waals surface area (Å²) in [6, 6.07) is 18.4. The van der Waals surface area contributed by atoms with Gasteiger partial charge in [-0.1, -0.05) is 17.7 Å². The van der Waals surface area contributed by atoms with Crippen molar-refractivity contribution in [2.45, 2.75) is 64.0 Å². The van der Waals surface area contributed by atoms with Gasteiger partial charge in [0.05, 0.1) is 30.2 Å². The number of Topliss-reactive ketones (excluding diaryl/α,β-unsaturated/α-hetero) is 2. The first-order chi connectivity index (χ1) is 28.3. The molecule has 1 unspecified atom stereocenters. The highest BCUT2D eigenvalue weighted by Crippen LogP contribution is 2.50. The van der Waals surface area contributed by atoms with E-state index in [4.69, 9.17) is 18.2 Å². The quantitative estimate of drug-likeness (QED) is 0.153. The van der Waals surface area contributed by atoms with Crippen LogP contribution in [-0.2, 0) is 9.59 Å². The molecule has 59 heavy (non-hydrogen) atoms. The zero-order valence-corrected chi connectivity index (χ0v) is 34.5. The van der Waals surface area contributed by atoms with Crippen LogP contribution in [0.1, 0.15) is 83.4 Å². The van der Waals surface area contributed by atoms with E-state index in [1.165, 1.54) is 0 Å². The molecule has 1 saturated carbocycles. The van der Waals surface area contributed by atoms with Crippen LogP contribution < -0.4 is 14.7 Å². The standard InChI is InChI=1S/C46H50ClN7O5/c1-45(2)28-46(29-53(45)34-9-12-39(48-3)38(47)23-34)14-16-51(17-15-46)42(57)31-4-6-32(7-5-31)50-20-18-49(19-21-50)25-30-26-52(27-30)33-8-11-36-37(22-33)44(59)54(43(36)58)40-13-10-35(55)24-41(40)56/h4-9,11-12,22-23,30,40H,10,13-21,24-29H2,1-2H3. The van der Waals surface area contributed by atoms with Crippen LogP contribution in [-0.4, -0.2) is 121 Å². The lowest BCUT2D eigenvalue weighted by atomic mass is 9.74. The molecule has 0 radical (unpaired) electrons. The van der Waals surface area contributed by atoms with Crippen LogP contribution in [0.4, 0.5) is 22.7 Å². The smallest absolute Gasteiger partial charge is 0.262 e. The Morgan fingerprint density at radius 1 is 0.814 bits per heavy atom. The van der Waals surface area contributed by atoms with Gasteiger partial charge in [0.15, 0.2) is 5.78 Å². The number of carbonyl (C=O) groups excluding carboxylic acids is 5. The monoisotopic (exact) mass is 815 g/mol. The van der Waals surface area contributed by atoms with Gasteiger partial charge in [-0.2, -0.15) is 0 Å². The molecule has 6 aliphatic rings. The van der Waals surface area contributed by atoms with Crippen molar-refractivity contribution >= 4 is 63.6 Å². The molecule has 1 aliphatic carbocycles. The molecule has 0 bridgehead atoms. The van der Waals surface area contributed by atoms with Gasteiger partial charge in [-0.05, 0) is 99.5 Å². The molecule has 4 saturated heterocycles. The molecule has 3 aromatic carbocycles. The molecular weight excluding hydrogens is 766 g/mol. The molecule has 12 nitrogen and oxygen atoms in total. The molecule has 5 fully saturated rings. The van der Waals surface area contributed by atoms with E-state index in [-0.39, 0.29) is 47.7 Å². The third-order valence-electron chi connectivity index (χ3n) is 13.8. The van der Waals surface area contributed by atoms with Crippen LogP contribution in [0.3, 0.4) is 0 Å². The SMILES string of the molecule is [C-]#[N+]c1ccc(N2CC3(CCN(C(=O)c4ccc(N5CCN(CC6CN(c7ccc8c(c7)C(=O)N(C7CCC(=O)CC7=O)C8=O)C6)CC5)cc4)CC3)CC2(C)C)cc1Cl. The highest BCUT2D eigenvalue weighted by molar-refractivity contribution is 6.33. The maximum absolute atomic E-state index is 13.7. The summed E-state index contributed by atoms with van der Waals surface area (Å²) in [6.45, 7) is 20.8. The lowest BCUT2D eigenvalue weighted by molar-refractivity contribution is -0.132. The molecule has 5 aliphatic heterocycles. The van der Waals surface area contributed by atoms with Crippen LogP contribution in [0, 0.1) is 17.9 Å². The summed E-state index contributed by atoms with van der Waals surface area (Å²) < 4.78 is 0. The van der Waals surface area contributed by atoms with E-state index in [0.29, 0.717) is 27.8 Å². The van der Waals surface area contributed by atoms with Crippen molar-refractivity contribution in [3.63, 3.8) is 0 Å². The van der Waals surface area contributed by atoms with Crippen LogP contribution in [0.2, 0.25) is 5.02 Å². The summed E-state index contributed by atoms with van der Waals surface area (Å²) in [5, 5.41) is 0.488. The Balaban J connectivity index is 0.727. The van der Waals surface area contributed by atoms with Gasteiger partial charge in [0, 0.05) is 111 Å². The summed E-state index contributed by atoms with van der Waals surface area (Å²) in [7, 11) is 0. The number of rotatable bonds is 7. The molecule has 9 rings (SSSR count). The topological polar surface area (TPSA) is 109 Å². The summed E-state index contributed by atoms with van der Waals surface area (Å²) >= 11 is 6.42. The lowest BCUT2D eigenvalue weighted by Gasteiger charge is -2.45. The molecule has 5 heterocycles. The highest BCUT2D eigenvalue weighted by Gasteiger charge is 2.50. The van der Waals surface area contributed by atoms with Crippen molar-refractivity contribution in [3.8, 4) is 0 Å². The Morgan fingerprint density at radius 2 is 1.49 bits per heavy atom. The van der Waals surface area contributed by atoms with Crippen molar-refractivity contribution in [1.82, 2.24) is 14.7 Å². The van der Waals surface area contributed by atoms with Crippen LogP contribution in [0.15, 0.2) is 60.7 Å². The van der Waals surface area contributed by atoms with Gasteiger partial charge in [-0.25, -0.2) is 4.85 Å². The maximum Gasteiger partial charge on any atom is 0.262 e. The van der Waals surface area contributed by atoms with Crippen molar-refractivity contribution in [1.29, 1.82) is 0 Å². The highest BCUT2D eigenvalue weighted by atomic mass is 35.5. The molecule has 1 atom stereocenters. The third-order valence-corrected chi connectivity index (χ3v) is 14.2. The average molecular weight is 816 g/mol. The van der Waals surface area contributed by atoms with Crippen LogP contribution in [0.25, 0.3) is 4.85 Å². The number of halogens is 1. The Morgan fingerprint density at radius 3 is 2.17 bits per heavy atom. The fourth-order valence-corrected chi connectivity index (χ4v) is 10.9. The van der Waals surface area contributed by atoms with Gasteiger partial charge in [0.25, 0.3) is 17.7 Å². The predicted molar refractivity (Wildman–Crippen MR) is 227 cm³/mol. The predicted octanol–water partition coefficient (Wildman–Crippen LogP) is 6.35. The molecular formula is C46H50ClN7O5. The molecule has 306 valence electrons. The number of hydrogen-bond donors (Lipinski definition) is 0. The van der Waals surface area contributed by atoms with E-state index in [0.717, 1.165) is 112 Å². The number of carbonyl (C=O) groups is 5. The first-order valence-electron chi connectivity index (χ1n) is 20.9. The second kappa shape index (κ2) is 15.1. The largest absolute Gasteiger partial charge is 0.371 e. The normalized spacial score (nSPS) is 23.2. The molecule has 0 N–H and O–H groups in total. The minimum atomic E-state index is -0.858. The number of anilines is 3. The van der Waals surface area contributed by atoms with Gasteiger partial charge in [0.1, 0.15) is 5.78 Å². The molecule has 3 aromatic rings. The van der Waals surface area contributed by atoms with E-state index < -0.39 is 17.9 Å². The number of piperazine rings is 1. The Labute approximate surface area is 350 Å². The van der Waals surface area contributed by atoms with Crippen molar-refractivity contribution < 1.29 is 24.0 Å². The number of likely N-dealkylation sites (tertiary alicyclic amines) is 1. The Bertz CT molecular complexity index is 2260. The number of imide groups is 1. The molecule has 0 aromatic heterocycles. The van der Waals surface area contributed by atoms with Crippen molar-refractivity contribution in [2.24, 2.45) is 11.3 Å². The number of amides is 3. The van der Waals surface area contributed by atoms with Gasteiger partial charge >= 0.3 is 0 Å². The summed E-state index contributed by atoms with van der Waals surface area (Å²) in [5.74, 6) is -0.794. The van der Waals surface area contributed by atoms with Crippen LogP contribution >= 0.6 is 11.6 Å². The molecule has 3 amide bonds. The minimum Gasteiger partial charge on any atom is -0.371 e. The van der Waals surface area contributed by atoms with E-state index >= 15 is 0 Å².